The van der Waals surface area contributed by atoms with E-state index in [0.717, 1.165) is 16.6 Å². The number of H-pyrrole nitrogens is 1. The number of aryl methyl sites for hydroxylation is 1. The zero-order chi connectivity index (χ0) is 11.5. The lowest BCUT2D eigenvalue weighted by Gasteiger charge is -2.11. The number of aromatic amines is 1. The van der Waals surface area contributed by atoms with Crippen LogP contribution in [0.3, 0.4) is 0 Å². The van der Waals surface area contributed by atoms with Crippen molar-refractivity contribution in [2.75, 3.05) is 0 Å². The lowest BCUT2D eigenvalue weighted by Crippen LogP contribution is -1.99. The molecule has 0 aliphatic heterocycles. The summed E-state index contributed by atoms with van der Waals surface area (Å²) < 4.78 is 1.16. The number of benzene rings is 1. The molecule has 0 amide bonds. The number of hydrogen-bond acceptors (Lipinski definition) is 2. The molecule has 1 aromatic heterocycles. The summed E-state index contributed by atoms with van der Waals surface area (Å²) in [5, 5.41) is 10.5. The highest BCUT2D eigenvalue weighted by atomic mass is 79.9. The third-order valence-electron chi connectivity index (χ3n) is 2.73. The zero-order valence-corrected chi connectivity index (χ0v) is 11.0. The summed E-state index contributed by atoms with van der Waals surface area (Å²) in [6.07, 6.45) is 2.69. The quantitative estimate of drug-likeness (QED) is 0.937. The SMILES string of the molecule is Cc1cc(C(C)Cc2cn[nH]n2)ccc1Br. The van der Waals surface area contributed by atoms with Gasteiger partial charge in [-0.15, -0.1) is 0 Å². The summed E-state index contributed by atoms with van der Waals surface area (Å²) in [7, 11) is 0. The highest BCUT2D eigenvalue weighted by Crippen LogP contribution is 2.24. The number of aromatic nitrogens is 3. The van der Waals surface area contributed by atoms with Gasteiger partial charge in [0.1, 0.15) is 0 Å². The number of halogens is 1. The maximum absolute atomic E-state index is 4.08. The Morgan fingerprint density at radius 2 is 2.25 bits per heavy atom. The van der Waals surface area contributed by atoms with Gasteiger partial charge in [0.2, 0.25) is 0 Å². The first-order valence-electron chi connectivity index (χ1n) is 5.27. The van der Waals surface area contributed by atoms with Gasteiger partial charge in [0.05, 0.1) is 11.9 Å². The van der Waals surface area contributed by atoms with E-state index in [1.54, 1.807) is 6.20 Å². The molecule has 1 heterocycles. The molecule has 2 aromatic rings. The van der Waals surface area contributed by atoms with Gasteiger partial charge >= 0.3 is 0 Å². The predicted octanol–water partition coefficient (Wildman–Crippen LogP) is 3.22. The van der Waals surface area contributed by atoms with Crippen LogP contribution in [0.25, 0.3) is 0 Å². The third kappa shape index (κ3) is 2.50. The first-order valence-corrected chi connectivity index (χ1v) is 6.07. The van der Waals surface area contributed by atoms with Gasteiger partial charge in [0, 0.05) is 4.47 Å². The molecule has 1 aromatic carbocycles. The van der Waals surface area contributed by atoms with Crippen LogP contribution in [-0.4, -0.2) is 15.4 Å². The van der Waals surface area contributed by atoms with Gasteiger partial charge < -0.3 is 0 Å². The van der Waals surface area contributed by atoms with Crippen molar-refractivity contribution in [3.8, 4) is 0 Å². The highest BCUT2D eigenvalue weighted by molar-refractivity contribution is 9.10. The molecular formula is C12H14BrN3. The second-order valence-corrected chi connectivity index (χ2v) is 4.93. The van der Waals surface area contributed by atoms with Crippen molar-refractivity contribution in [3.05, 3.63) is 45.7 Å². The Kier molecular flexibility index (Phi) is 3.39. The van der Waals surface area contributed by atoms with Crippen molar-refractivity contribution >= 4 is 15.9 Å². The van der Waals surface area contributed by atoms with Gasteiger partial charge in [-0.2, -0.15) is 15.4 Å². The van der Waals surface area contributed by atoms with E-state index in [-0.39, 0.29) is 0 Å². The fourth-order valence-electron chi connectivity index (χ4n) is 1.73. The minimum absolute atomic E-state index is 0.455. The van der Waals surface area contributed by atoms with Gasteiger partial charge in [-0.05, 0) is 36.5 Å². The Morgan fingerprint density at radius 1 is 1.44 bits per heavy atom. The Hall–Kier alpha value is -1.16. The molecule has 84 valence electrons. The molecular weight excluding hydrogens is 266 g/mol. The van der Waals surface area contributed by atoms with Crippen molar-refractivity contribution in [1.29, 1.82) is 0 Å². The Balaban J connectivity index is 2.14. The maximum Gasteiger partial charge on any atom is 0.0830 e. The van der Waals surface area contributed by atoms with Gasteiger partial charge in [-0.1, -0.05) is 35.0 Å². The maximum atomic E-state index is 4.08. The van der Waals surface area contributed by atoms with Crippen molar-refractivity contribution in [1.82, 2.24) is 15.4 Å². The van der Waals surface area contributed by atoms with Crippen LogP contribution in [0.1, 0.15) is 29.7 Å². The summed E-state index contributed by atoms with van der Waals surface area (Å²) in [6.45, 7) is 4.31. The fourth-order valence-corrected chi connectivity index (χ4v) is 1.98. The second kappa shape index (κ2) is 4.78. The van der Waals surface area contributed by atoms with Crippen LogP contribution in [0, 0.1) is 6.92 Å². The summed E-state index contributed by atoms with van der Waals surface area (Å²) >= 11 is 3.51. The van der Waals surface area contributed by atoms with E-state index in [4.69, 9.17) is 0 Å². The molecule has 0 radical (unpaired) electrons. The molecule has 1 unspecified atom stereocenters. The molecule has 3 nitrogen and oxygen atoms in total. The number of hydrogen-bond donors (Lipinski definition) is 1. The standard InChI is InChI=1S/C12H14BrN3/c1-8(6-11-7-14-16-15-11)10-3-4-12(13)9(2)5-10/h3-5,7-8H,6H2,1-2H3,(H,14,15,16). The van der Waals surface area contributed by atoms with Crippen molar-refractivity contribution in [2.24, 2.45) is 0 Å². The summed E-state index contributed by atoms with van der Waals surface area (Å²) in [5.74, 6) is 0.455. The van der Waals surface area contributed by atoms with Crippen molar-refractivity contribution in [2.45, 2.75) is 26.2 Å². The molecule has 16 heavy (non-hydrogen) atoms. The van der Waals surface area contributed by atoms with E-state index in [9.17, 15) is 0 Å². The van der Waals surface area contributed by atoms with E-state index in [0.29, 0.717) is 5.92 Å². The van der Waals surface area contributed by atoms with E-state index >= 15 is 0 Å². The summed E-state index contributed by atoms with van der Waals surface area (Å²) in [6, 6.07) is 6.47. The first kappa shape index (κ1) is 11.3. The smallest absolute Gasteiger partial charge is 0.0830 e. The fraction of sp³-hybridized carbons (Fsp3) is 0.333. The molecule has 0 bridgehead atoms. The lowest BCUT2D eigenvalue weighted by atomic mass is 9.95. The van der Waals surface area contributed by atoms with Gasteiger partial charge in [0.25, 0.3) is 0 Å². The molecule has 0 spiro atoms. The minimum Gasteiger partial charge on any atom is -0.198 e. The van der Waals surface area contributed by atoms with Gasteiger partial charge in [-0.25, -0.2) is 0 Å². The lowest BCUT2D eigenvalue weighted by molar-refractivity contribution is 0.735. The zero-order valence-electron chi connectivity index (χ0n) is 9.37. The van der Waals surface area contributed by atoms with Crippen LogP contribution < -0.4 is 0 Å². The average molecular weight is 280 g/mol. The largest absolute Gasteiger partial charge is 0.198 e. The first-order chi connectivity index (χ1) is 7.66. The van der Waals surface area contributed by atoms with E-state index in [1.165, 1.54) is 11.1 Å². The van der Waals surface area contributed by atoms with Crippen LogP contribution in [0.5, 0.6) is 0 Å². The molecule has 4 heteroatoms. The van der Waals surface area contributed by atoms with Gasteiger partial charge in [0.15, 0.2) is 0 Å². The number of rotatable bonds is 3. The number of nitrogens with one attached hydrogen (secondary N) is 1. The molecule has 0 aliphatic carbocycles. The van der Waals surface area contributed by atoms with Crippen LogP contribution in [0.4, 0.5) is 0 Å². The Labute approximate surface area is 103 Å². The second-order valence-electron chi connectivity index (χ2n) is 4.08. The van der Waals surface area contributed by atoms with Crippen LogP contribution >= 0.6 is 15.9 Å². The van der Waals surface area contributed by atoms with Crippen LogP contribution in [-0.2, 0) is 6.42 Å². The molecule has 0 fully saturated rings. The van der Waals surface area contributed by atoms with Crippen molar-refractivity contribution in [3.63, 3.8) is 0 Å². The third-order valence-corrected chi connectivity index (χ3v) is 3.62. The summed E-state index contributed by atoms with van der Waals surface area (Å²) in [5.41, 5.74) is 3.61. The molecule has 0 saturated carbocycles. The topological polar surface area (TPSA) is 41.6 Å². The molecule has 1 atom stereocenters. The van der Waals surface area contributed by atoms with E-state index < -0.39 is 0 Å². The molecule has 0 aliphatic rings. The van der Waals surface area contributed by atoms with Crippen molar-refractivity contribution < 1.29 is 0 Å². The number of nitrogens with zero attached hydrogens (tertiary/aromatic N) is 2. The predicted molar refractivity (Wildman–Crippen MR) is 67.4 cm³/mol. The van der Waals surface area contributed by atoms with E-state index in [1.807, 2.05) is 0 Å². The average Bonchev–Trinajstić information content (AvgIpc) is 2.74. The summed E-state index contributed by atoms with van der Waals surface area (Å²) in [4.78, 5) is 0. The Morgan fingerprint density at radius 3 is 2.88 bits per heavy atom. The van der Waals surface area contributed by atoms with Crippen LogP contribution in [0.2, 0.25) is 0 Å². The normalized spacial score (nSPS) is 12.7. The van der Waals surface area contributed by atoms with Crippen LogP contribution in [0.15, 0.2) is 28.9 Å². The highest BCUT2D eigenvalue weighted by Gasteiger charge is 2.09. The molecule has 1 N–H and O–H groups in total. The van der Waals surface area contributed by atoms with Gasteiger partial charge in [-0.3, -0.25) is 0 Å². The van der Waals surface area contributed by atoms with E-state index in [2.05, 4.69) is 63.4 Å². The Bertz CT molecular complexity index is 465. The monoisotopic (exact) mass is 279 g/mol. The minimum atomic E-state index is 0.455. The molecule has 2 rings (SSSR count). The molecule has 0 saturated heterocycles.